The molecule has 0 saturated heterocycles. The number of hydrogen-bond acceptors (Lipinski definition) is 2. The molecule has 0 radical (unpaired) electrons. The van der Waals surface area contributed by atoms with E-state index in [-0.39, 0.29) is 22.6 Å². The summed E-state index contributed by atoms with van der Waals surface area (Å²) in [5.41, 5.74) is -1.35. The summed E-state index contributed by atoms with van der Waals surface area (Å²) in [6.07, 6.45) is 0.414. The average molecular weight is 241 g/mol. The van der Waals surface area contributed by atoms with Crippen LogP contribution in [-0.4, -0.2) is 17.2 Å². The van der Waals surface area contributed by atoms with Gasteiger partial charge in [-0.25, -0.2) is 0 Å². The van der Waals surface area contributed by atoms with E-state index in [1.54, 1.807) is 13.8 Å². The maximum atomic E-state index is 12.1. The van der Waals surface area contributed by atoms with E-state index in [4.69, 9.17) is 0 Å². The van der Waals surface area contributed by atoms with E-state index in [1.165, 1.54) is 0 Å². The molecule has 0 fully saturated rings. The Bertz CT molecular complexity index is 273. The minimum atomic E-state index is -0.958. The lowest BCUT2D eigenvalue weighted by Gasteiger charge is -2.30. The highest BCUT2D eigenvalue weighted by Crippen LogP contribution is 2.27. The molecule has 100 valence electrons. The molecule has 0 unspecified atom stereocenters. The summed E-state index contributed by atoms with van der Waals surface area (Å²) < 4.78 is 0. The Morgan fingerprint density at radius 1 is 0.882 bits per heavy atom. The first-order valence-electron chi connectivity index (χ1n) is 6.12. The van der Waals surface area contributed by atoms with Crippen molar-refractivity contribution in [2.24, 2.45) is 10.8 Å². The Balaban J connectivity index is 4.78. The molecule has 0 aliphatic heterocycles. The summed E-state index contributed by atoms with van der Waals surface area (Å²) in [7, 11) is 0. The molecule has 0 aromatic rings. The average Bonchev–Trinajstić information content (AvgIpc) is 1.96. The molecule has 17 heavy (non-hydrogen) atoms. The predicted molar refractivity (Wildman–Crippen MR) is 70.8 cm³/mol. The molecule has 0 saturated carbocycles. The Kier molecular flexibility index (Phi) is 4.55. The summed E-state index contributed by atoms with van der Waals surface area (Å²) in [6.45, 7) is 15.1. The zero-order valence-electron chi connectivity index (χ0n) is 12.5. The molecular formula is C14H27NO2. The van der Waals surface area contributed by atoms with Crippen molar-refractivity contribution in [2.75, 3.05) is 0 Å². The molecule has 0 aromatic heterocycles. The van der Waals surface area contributed by atoms with E-state index >= 15 is 0 Å². The highest BCUT2D eigenvalue weighted by atomic mass is 16.2. The Morgan fingerprint density at radius 3 is 1.59 bits per heavy atom. The molecule has 0 aliphatic rings. The van der Waals surface area contributed by atoms with Gasteiger partial charge in [-0.2, -0.15) is 0 Å². The minimum absolute atomic E-state index is 0.00764. The molecule has 3 heteroatoms. The Morgan fingerprint density at radius 2 is 1.29 bits per heavy atom. The van der Waals surface area contributed by atoms with Crippen LogP contribution in [0.5, 0.6) is 0 Å². The summed E-state index contributed by atoms with van der Waals surface area (Å²) in [5.74, 6) is -0.203. The van der Waals surface area contributed by atoms with Gasteiger partial charge in [0.15, 0.2) is 0 Å². The smallest absolute Gasteiger partial charge is 0.233 e. The standard InChI is InChI=1S/C14H27NO2/c1-12(2,3)9-10(16)14(7,8)11(17)15-13(4,5)6/h9H2,1-8H3,(H,15,17). The molecule has 0 aliphatic carbocycles. The van der Waals surface area contributed by atoms with Crippen LogP contribution in [0.15, 0.2) is 0 Å². The number of amides is 1. The summed E-state index contributed by atoms with van der Waals surface area (Å²) in [5, 5.41) is 2.87. The van der Waals surface area contributed by atoms with Gasteiger partial charge in [0.05, 0.1) is 0 Å². The fraction of sp³-hybridized carbons (Fsp3) is 0.857. The molecule has 1 amide bonds. The second-order valence-corrected chi connectivity index (χ2v) is 7.49. The lowest BCUT2D eigenvalue weighted by molar-refractivity contribution is -0.141. The van der Waals surface area contributed by atoms with Crippen LogP contribution in [0.25, 0.3) is 0 Å². The normalized spacial score (nSPS) is 13.4. The fourth-order valence-electron chi connectivity index (χ4n) is 1.33. The van der Waals surface area contributed by atoms with Gasteiger partial charge in [0.2, 0.25) is 5.91 Å². The van der Waals surface area contributed by atoms with Crippen LogP contribution in [0, 0.1) is 10.8 Å². The number of hydrogen-bond donors (Lipinski definition) is 1. The van der Waals surface area contributed by atoms with Crippen LogP contribution >= 0.6 is 0 Å². The van der Waals surface area contributed by atoms with E-state index in [9.17, 15) is 9.59 Å². The van der Waals surface area contributed by atoms with Crippen LogP contribution in [0.3, 0.4) is 0 Å². The molecule has 0 heterocycles. The molecule has 0 rings (SSSR count). The van der Waals surface area contributed by atoms with E-state index in [0.717, 1.165) is 0 Å². The number of Topliss-reactive ketones (excluding diaryl/α,β-unsaturated/α-hetero) is 1. The van der Waals surface area contributed by atoms with Gasteiger partial charge in [0, 0.05) is 12.0 Å². The van der Waals surface area contributed by atoms with E-state index in [2.05, 4.69) is 5.32 Å². The van der Waals surface area contributed by atoms with Gasteiger partial charge in [0.25, 0.3) is 0 Å². The minimum Gasteiger partial charge on any atom is -0.351 e. The Hall–Kier alpha value is -0.860. The summed E-state index contributed by atoms with van der Waals surface area (Å²) in [6, 6.07) is 0. The van der Waals surface area contributed by atoms with Crippen molar-refractivity contribution in [2.45, 2.75) is 67.3 Å². The highest BCUT2D eigenvalue weighted by Gasteiger charge is 2.38. The lowest BCUT2D eigenvalue weighted by atomic mass is 9.78. The van der Waals surface area contributed by atoms with Gasteiger partial charge < -0.3 is 5.32 Å². The van der Waals surface area contributed by atoms with Crippen molar-refractivity contribution < 1.29 is 9.59 Å². The van der Waals surface area contributed by atoms with Crippen molar-refractivity contribution in [3.8, 4) is 0 Å². The first-order chi connectivity index (χ1) is 7.26. The summed E-state index contributed by atoms with van der Waals surface area (Å²) in [4.78, 5) is 24.2. The molecule has 0 spiro atoms. The molecule has 1 N–H and O–H groups in total. The van der Waals surface area contributed by atoms with Crippen molar-refractivity contribution in [3.05, 3.63) is 0 Å². The number of rotatable bonds is 3. The maximum absolute atomic E-state index is 12.1. The van der Waals surface area contributed by atoms with Gasteiger partial charge in [-0.1, -0.05) is 20.8 Å². The molecule has 0 atom stereocenters. The number of nitrogens with one attached hydrogen (secondary N) is 1. The zero-order chi connectivity index (χ0) is 14.1. The number of carbonyl (C=O) groups excluding carboxylic acids is 2. The van der Waals surface area contributed by atoms with E-state index in [0.29, 0.717) is 6.42 Å². The highest BCUT2D eigenvalue weighted by molar-refractivity contribution is 6.05. The second kappa shape index (κ2) is 4.79. The van der Waals surface area contributed by atoms with Gasteiger partial charge in [-0.15, -0.1) is 0 Å². The predicted octanol–water partition coefficient (Wildman–Crippen LogP) is 2.93. The van der Waals surface area contributed by atoms with Crippen LogP contribution in [0.1, 0.15) is 61.8 Å². The second-order valence-electron chi connectivity index (χ2n) is 7.49. The van der Waals surface area contributed by atoms with Gasteiger partial charge >= 0.3 is 0 Å². The van der Waals surface area contributed by atoms with Crippen molar-refractivity contribution >= 4 is 11.7 Å². The summed E-state index contributed by atoms with van der Waals surface area (Å²) >= 11 is 0. The van der Waals surface area contributed by atoms with Gasteiger partial charge in [-0.05, 0) is 40.0 Å². The third-order valence-corrected chi connectivity index (χ3v) is 2.44. The number of carbonyl (C=O) groups is 2. The first kappa shape index (κ1) is 16.1. The topological polar surface area (TPSA) is 46.2 Å². The zero-order valence-corrected chi connectivity index (χ0v) is 12.5. The Labute approximate surface area is 105 Å². The fourth-order valence-corrected chi connectivity index (χ4v) is 1.33. The van der Waals surface area contributed by atoms with Gasteiger partial charge in [-0.3, -0.25) is 9.59 Å². The quantitative estimate of drug-likeness (QED) is 0.772. The van der Waals surface area contributed by atoms with E-state index in [1.807, 2.05) is 41.5 Å². The largest absolute Gasteiger partial charge is 0.351 e. The van der Waals surface area contributed by atoms with Crippen molar-refractivity contribution in [1.82, 2.24) is 5.32 Å². The third-order valence-electron chi connectivity index (χ3n) is 2.44. The van der Waals surface area contributed by atoms with Crippen molar-refractivity contribution in [1.29, 1.82) is 0 Å². The molecular weight excluding hydrogens is 214 g/mol. The maximum Gasteiger partial charge on any atom is 0.233 e. The SMILES string of the molecule is CC(C)(C)CC(=O)C(C)(C)C(=O)NC(C)(C)C. The molecule has 3 nitrogen and oxygen atoms in total. The molecule has 0 aromatic carbocycles. The lowest BCUT2D eigenvalue weighted by Crippen LogP contribution is -2.50. The van der Waals surface area contributed by atoms with Crippen LogP contribution in [0.2, 0.25) is 0 Å². The monoisotopic (exact) mass is 241 g/mol. The van der Waals surface area contributed by atoms with Crippen LogP contribution in [-0.2, 0) is 9.59 Å². The first-order valence-corrected chi connectivity index (χ1v) is 6.12. The number of ketones is 1. The van der Waals surface area contributed by atoms with E-state index < -0.39 is 5.41 Å². The third kappa shape index (κ3) is 5.85. The molecule has 0 bridgehead atoms. The van der Waals surface area contributed by atoms with Crippen LogP contribution in [0.4, 0.5) is 0 Å². The van der Waals surface area contributed by atoms with Crippen LogP contribution < -0.4 is 5.32 Å². The van der Waals surface area contributed by atoms with Crippen molar-refractivity contribution in [3.63, 3.8) is 0 Å². The van der Waals surface area contributed by atoms with Gasteiger partial charge in [0.1, 0.15) is 11.2 Å².